The third-order valence-electron chi connectivity index (χ3n) is 3.94. The number of hydrazine groups is 1. The predicted molar refractivity (Wildman–Crippen MR) is 77.9 cm³/mol. The van der Waals surface area contributed by atoms with Crippen LogP contribution < -0.4 is 16.6 Å². The molecule has 1 aromatic rings. The molecule has 4 heteroatoms. The van der Waals surface area contributed by atoms with Gasteiger partial charge in [-0.05, 0) is 55.4 Å². The van der Waals surface area contributed by atoms with Gasteiger partial charge < -0.3 is 10.7 Å². The average molecular weight is 261 g/mol. The van der Waals surface area contributed by atoms with Crippen molar-refractivity contribution in [3.8, 4) is 0 Å². The van der Waals surface area contributed by atoms with E-state index in [9.17, 15) is 4.79 Å². The number of hydrogen-bond donors (Lipinski definition) is 3. The highest BCUT2D eigenvalue weighted by atomic mass is 16.1. The number of carbonyl (C=O) groups is 1. The van der Waals surface area contributed by atoms with Gasteiger partial charge in [-0.25, -0.2) is 0 Å². The molecule has 4 N–H and O–H groups in total. The molecule has 0 bridgehead atoms. The van der Waals surface area contributed by atoms with Gasteiger partial charge in [0.15, 0.2) is 0 Å². The van der Waals surface area contributed by atoms with Gasteiger partial charge in [-0.1, -0.05) is 13.8 Å². The van der Waals surface area contributed by atoms with Crippen molar-refractivity contribution in [2.45, 2.75) is 46.1 Å². The first-order valence-electron chi connectivity index (χ1n) is 6.79. The van der Waals surface area contributed by atoms with Crippen molar-refractivity contribution in [3.05, 3.63) is 29.3 Å². The Kier molecular flexibility index (Phi) is 3.80. The maximum Gasteiger partial charge on any atom is 0.251 e. The van der Waals surface area contributed by atoms with Crippen molar-refractivity contribution in [2.24, 2.45) is 11.3 Å². The molecular weight excluding hydrogens is 238 g/mol. The fourth-order valence-corrected chi connectivity index (χ4v) is 2.83. The van der Waals surface area contributed by atoms with E-state index in [1.165, 1.54) is 6.42 Å². The summed E-state index contributed by atoms with van der Waals surface area (Å²) in [6.45, 7) is 6.44. The minimum absolute atomic E-state index is 0.0174. The Bertz CT molecular complexity index is 482. The third kappa shape index (κ3) is 3.26. The van der Waals surface area contributed by atoms with E-state index >= 15 is 0 Å². The number of rotatable bonds is 3. The highest BCUT2D eigenvalue weighted by molar-refractivity contribution is 5.96. The Balaban J connectivity index is 2.04. The van der Waals surface area contributed by atoms with Gasteiger partial charge in [0, 0.05) is 17.3 Å². The quantitative estimate of drug-likeness (QED) is 0.578. The second kappa shape index (κ2) is 5.21. The number of nitrogen functional groups attached to an aromatic ring is 1. The first kappa shape index (κ1) is 13.9. The maximum atomic E-state index is 12.3. The zero-order chi connectivity index (χ0) is 14.0. The fourth-order valence-electron chi connectivity index (χ4n) is 2.83. The SMILES string of the molecule is Cc1cc(NN)ccc1C(=O)NC1CCC(C)(C)C1. The molecule has 1 saturated carbocycles. The first-order chi connectivity index (χ1) is 8.91. The molecule has 4 nitrogen and oxygen atoms in total. The number of benzene rings is 1. The molecule has 0 heterocycles. The Morgan fingerprint density at radius 3 is 2.68 bits per heavy atom. The van der Waals surface area contributed by atoms with Gasteiger partial charge in [0.1, 0.15) is 0 Å². The molecule has 1 unspecified atom stereocenters. The van der Waals surface area contributed by atoms with Crippen LogP contribution in [0.5, 0.6) is 0 Å². The van der Waals surface area contributed by atoms with Crippen molar-refractivity contribution >= 4 is 11.6 Å². The monoisotopic (exact) mass is 261 g/mol. The van der Waals surface area contributed by atoms with Crippen LogP contribution >= 0.6 is 0 Å². The molecule has 1 amide bonds. The van der Waals surface area contributed by atoms with Crippen molar-refractivity contribution < 1.29 is 4.79 Å². The molecule has 1 atom stereocenters. The second-order valence-electron chi connectivity index (χ2n) is 6.25. The Morgan fingerprint density at radius 2 is 2.16 bits per heavy atom. The summed E-state index contributed by atoms with van der Waals surface area (Å²) in [7, 11) is 0. The van der Waals surface area contributed by atoms with E-state index in [-0.39, 0.29) is 5.91 Å². The number of anilines is 1. The van der Waals surface area contributed by atoms with Crippen LogP contribution in [0.15, 0.2) is 18.2 Å². The lowest BCUT2D eigenvalue weighted by Gasteiger charge is -2.18. The van der Waals surface area contributed by atoms with E-state index in [0.29, 0.717) is 11.5 Å². The highest BCUT2D eigenvalue weighted by Gasteiger charge is 2.31. The van der Waals surface area contributed by atoms with E-state index in [1.807, 2.05) is 25.1 Å². The van der Waals surface area contributed by atoms with Crippen molar-refractivity contribution in [2.75, 3.05) is 5.43 Å². The van der Waals surface area contributed by atoms with E-state index in [1.54, 1.807) is 0 Å². The van der Waals surface area contributed by atoms with Crippen LogP contribution in [0.3, 0.4) is 0 Å². The molecule has 19 heavy (non-hydrogen) atoms. The molecule has 1 aliphatic rings. The number of amides is 1. The molecule has 104 valence electrons. The summed E-state index contributed by atoms with van der Waals surface area (Å²) in [6.07, 6.45) is 3.30. The average Bonchev–Trinajstić information content (AvgIpc) is 2.68. The second-order valence-corrected chi connectivity index (χ2v) is 6.25. The van der Waals surface area contributed by atoms with Gasteiger partial charge >= 0.3 is 0 Å². The van der Waals surface area contributed by atoms with Gasteiger partial charge in [0.25, 0.3) is 5.91 Å². The molecule has 1 fully saturated rings. The minimum atomic E-state index is 0.0174. The molecule has 2 rings (SSSR count). The highest BCUT2D eigenvalue weighted by Crippen LogP contribution is 2.37. The van der Waals surface area contributed by atoms with E-state index in [4.69, 9.17) is 5.84 Å². The normalized spacial score (nSPS) is 21.2. The standard InChI is InChI=1S/C15H23N3O/c1-10-8-11(18-16)4-5-13(10)14(19)17-12-6-7-15(2,3)9-12/h4-5,8,12,18H,6-7,9,16H2,1-3H3,(H,17,19). The van der Waals surface area contributed by atoms with Crippen LogP contribution in [0.2, 0.25) is 0 Å². The molecular formula is C15H23N3O. The van der Waals surface area contributed by atoms with E-state index < -0.39 is 0 Å². The van der Waals surface area contributed by atoms with Crippen LogP contribution in [0.1, 0.15) is 49.0 Å². The summed E-state index contributed by atoms with van der Waals surface area (Å²) >= 11 is 0. The molecule has 0 saturated heterocycles. The van der Waals surface area contributed by atoms with Gasteiger partial charge in [0.2, 0.25) is 0 Å². The summed E-state index contributed by atoms with van der Waals surface area (Å²) in [6, 6.07) is 5.82. The zero-order valence-electron chi connectivity index (χ0n) is 11.9. The first-order valence-corrected chi connectivity index (χ1v) is 6.79. The number of nitrogens with one attached hydrogen (secondary N) is 2. The number of aryl methyl sites for hydroxylation is 1. The zero-order valence-corrected chi connectivity index (χ0v) is 11.9. The number of nitrogens with two attached hydrogens (primary N) is 1. The summed E-state index contributed by atoms with van der Waals surface area (Å²) in [5.74, 6) is 5.37. The van der Waals surface area contributed by atoms with Crippen molar-refractivity contribution in [1.29, 1.82) is 0 Å². The van der Waals surface area contributed by atoms with Crippen molar-refractivity contribution in [1.82, 2.24) is 5.32 Å². The summed E-state index contributed by atoms with van der Waals surface area (Å²) < 4.78 is 0. The summed E-state index contributed by atoms with van der Waals surface area (Å²) in [5, 5.41) is 3.14. The maximum absolute atomic E-state index is 12.3. The molecule has 0 aliphatic heterocycles. The molecule has 0 aromatic heterocycles. The van der Waals surface area contributed by atoms with Crippen LogP contribution in [0.4, 0.5) is 5.69 Å². The Labute approximate surface area is 114 Å². The van der Waals surface area contributed by atoms with Gasteiger partial charge in [-0.2, -0.15) is 0 Å². The lowest BCUT2D eigenvalue weighted by Crippen LogP contribution is -2.33. The van der Waals surface area contributed by atoms with E-state index in [0.717, 1.165) is 29.7 Å². The van der Waals surface area contributed by atoms with Crippen LogP contribution in [-0.4, -0.2) is 11.9 Å². The summed E-state index contributed by atoms with van der Waals surface area (Å²) in [4.78, 5) is 12.3. The van der Waals surface area contributed by atoms with Gasteiger partial charge in [-0.3, -0.25) is 10.6 Å². The minimum Gasteiger partial charge on any atom is -0.349 e. The Morgan fingerprint density at radius 1 is 1.42 bits per heavy atom. The van der Waals surface area contributed by atoms with Gasteiger partial charge in [0.05, 0.1) is 0 Å². The molecule has 1 aliphatic carbocycles. The number of carbonyl (C=O) groups excluding carboxylic acids is 1. The van der Waals surface area contributed by atoms with Gasteiger partial charge in [-0.15, -0.1) is 0 Å². The van der Waals surface area contributed by atoms with Crippen molar-refractivity contribution in [3.63, 3.8) is 0 Å². The molecule has 0 radical (unpaired) electrons. The Hall–Kier alpha value is -1.55. The third-order valence-corrected chi connectivity index (χ3v) is 3.94. The predicted octanol–water partition coefficient (Wildman–Crippen LogP) is 2.59. The molecule has 1 aromatic carbocycles. The van der Waals surface area contributed by atoms with Crippen LogP contribution in [0.25, 0.3) is 0 Å². The smallest absolute Gasteiger partial charge is 0.251 e. The fraction of sp³-hybridized carbons (Fsp3) is 0.533. The number of hydrogen-bond acceptors (Lipinski definition) is 3. The van der Waals surface area contributed by atoms with Crippen LogP contribution in [-0.2, 0) is 0 Å². The largest absolute Gasteiger partial charge is 0.349 e. The lowest BCUT2D eigenvalue weighted by atomic mass is 9.92. The topological polar surface area (TPSA) is 67.1 Å². The van der Waals surface area contributed by atoms with Crippen LogP contribution in [0, 0.1) is 12.3 Å². The lowest BCUT2D eigenvalue weighted by molar-refractivity contribution is 0.0935. The summed E-state index contributed by atoms with van der Waals surface area (Å²) in [5.41, 5.74) is 5.41. The molecule has 0 spiro atoms. The van der Waals surface area contributed by atoms with E-state index in [2.05, 4.69) is 24.6 Å².